The highest BCUT2D eigenvalue weighted by molar-refractivity contribution is 5.54. The molecule has 3 aromatic rings. The van der Waals surface area contributed by atoms with E-state index in [0.717, 1.165) is 56.1 Å². The first-order chi connectivity index (χ1) is 13.7. The molecule has 146 valence electrons. The van der Waals surface area contributed by atoms with E-state index in [2.05, 4.69) is 63.2 Å². The van der Waals surface area contributed by atoms with E-state index in [0.29, 0.717) is 11.9 Å². The van der Waals surface area contributed by atoms with Crippen molar-refractivity contribution in [3.63, 3.8) is 0 Å². The Morgan fingerprint density at radius 3 is 2.68 bits per heavy atom. The quantitative estimate of drug-likeness (QED) is 0.656. The number of aryl methyl sites for hydroxylation is 2. The number of rotatable bonds is 6. The number of anilines is 1. The number of nitrogens with zero attached hydrogens (tertiary/aromatic N) is 5. The molecule has 3 heterocycles. The Hall–Kier alpha value is -2.73. The van der Waals surface area contributed by atoms with Crippen molar-refractivity contribution in [3.05, 3.63) is 60.0 Å². The van der Waals surface area contributed by atoms with Crippen molar-refractivity contribution in [2.75, 3.05) is 31.6 Å². The lowest BCUT2D eigenvalue weighted by Gasteiger charge is -2.38. The van der Waals surface area contributed by atoms with Gasteiger partial charge in [-0.15, -0.1) is 0 Å². The number of benzene rings is 1. The average Bonchev–Trinajstić information content (AvgIpc) is 3.20. The van der Waals surface area contributed by atoms with E-state index in [4.69, 9.17) is 4.52 Å². The number of hydrogen-bond donors (Lipinski definition) is 0. The lowest BCUT2D eigenvalue weighted by Crippen LogP contribution is -2.50. The van der Waals surface area contributed by atoms with Gasteiger partial charge in [0.05, 0.1) is 5.56 Å². The summed E-state index contributed by atoms with van der Waals surface area (Å²) in [4.78, 5) is 13.9. The average molecular weight is 377 g/mol. The number of aromatic nitrogens is 3. The zero-order valence-electron chi connectivity index (χ0n) is 16.6. The van der Waals surface area contributed by atoms with Crippen molar-refractivity contribution >= 4 is 5.82 Å². The number of pyridine rings is 1. The zero-order valence-corrected chi connectivity index (χ0v) is 16.6. The summed E-state index contributed by atoms with van der Waals surface area (Å²) in [7, 11) is 2.17. The van der Waals surface area contributed by atoms with Crippen LogP contribution in [0.4, 0.5) is 5.82 Å². The molecule has 1 atom stereocenters. The van der Waals surface area contributed by atoms with Crippen LogP contribution in [0.3, 0.4) is 0 Å². The van der Waals surface area contributed by atoms with Gasteiger partial charge in [0.15, 0.2) is 5.82 Å². The molecule has 1 saturated heterocycles. The SMILES string of the molecule is C[C@@H]1CN(c2ccc(-c3nc(CCCc4ccccc4)no3)cn2)CCN1C. The van der Waals surface area contributed by atoms with E-state index in [1.54, 1.807) is 0 Å². The largest absolute Gasteiger partial charge is 0.354 e. The van der Waals surface area contributed by atoms with Gasteiger partial charge in [-0.2, -0.15) is 4.98 Å². The Morgan fingerprint density at radius 1 is 1.07 bits per heavy atom. The Morgan fingerprint density at radius 2 is 1.93 bits per heavy atom. The third-order valence-electron chi connectivity index (χ3n) is 5.46. The molecule has 0 saturated carbocycles. The number of hydrogen-bond acceptors (Lipinski definition) is 6. The summed E-state index contributed by atoms with van der Waals surface area (Å²) in [5, 5.41) is 4.12. The van der Waals surface area contributed by atoms with Crippen molar-refractivity contribution in [1.82, 2.24) is 20.0 Å². The van der Waals surface area contributed by atoms with Crippen LogP contribution in [0.25, 0.3) is 11.5 Å². The fraction of sp³-hybridized carbons (Fsp3) is 0.409. The summed E-state index contributed by atoms with van der Waals surface area (Å²) in [6, 6.07) is 15.1. The lowest BCUT2D eigenvalue weighted by atomic mass is 10.1. The minimum absolute atomic E-state index is 0.532. The third-order valence-corrected chi connectivity index (χ3v) is 5.46. The first-order valence-electron chi connectivity index (χ1n) is 9.97. The van der Waals surface area contributed by atoms with Crippen molar-refractivity contribution in [3.8, 4) is 11.5 Å². The first kappa shape index (κ1) is 18.6. The molecule has 6 heteroatoms. The molecule has 0 aliphatic carbocycles. The Kier molecular flexibility index (Phi) is 5.67. The maximum atomic E-state index is 5.45. The van der Waals surface area contributed by atoms with Crippen LogP contribution in [0.5, 0.6) is 0 Å². The molecular weight excluding hydrogens is 350 g/mol. The molecule has 1 fully saturated rings. The molecule has 6 nitrogen and oxygen atoms in total. The van der Waals surface area contributed by atoms with Crippen LogP contribution in [0.1, 0.15) is 24.7 Å². The summed E-state index contributed by atoms with van der Waals surface area (Å²) in [6.45, 7) is 5.30. The lowest BCUT2D eigenvalue weighted by molar-refractivity contribution is 0.233. The van der Waals surface area contributed by atoms with Gasteiger partial charge in [0.25, 0.3) is 5.89 Å². The highest BCUT2D eigenvalue weighted by atomic mass is 16.5. The molecule has 0 radical (unpaired) electrons. The first-order valence-corrected chi connectivity index (χ1v) is 9.97. The Balaban J connectivity index is 1.34. The zero-order chi connectivity index (χ0) is 19.3. The van der Waals surface area contributed by atoms with Crippen LogP contribution >= 0.6 is 0 Å². The summed E-state index contributed by atoms with van der Waals surface area (Å²) in [5.41, 5.74) is 2.21. The molecule has 0 spiro atoms. The van der Waals surface area contributed by atoms with Crippen LogP contribution in [0.15, 0.2) is 53.2 Å². The fourth-order valence-electron chi connectivity index (χ4n) is 3.52. The van der Waals surface area contributed by atoms with Gasteiger partial charge >= 0.3 is 0 Å². The highest BCUT2D eigenvalue weighted by Gasteiger charge is 2.21. The van der Waals surface area contributed by atoms with Gasteiger partial charge in [0.2, 0.25) is 0 Å². The van der Waals surface area contributed by atoms with E-state index in [-0.39, 0.29) is 0 Å². The summed E-state index contributed by atoms with van der Waals surface area (Å²) < 4.78 is 5.45. The Bertz CT molecular complexity index is 877. The monoisotopic (exact) mass is 377 g/mol. The normalized spacial score (nSPS) is 17.8. The predicted octanol–water partition coefficient (Wildman–Crippen LogP) is 3.45. The third kappa shape index (κ3) is 4.39. The van der Waals surface area contributed by atoms with Gasteiger partial charge in [-0.3, -0.25) is 0 Å². The predicted molar refractivity (Wildman–Crippen MR) is 110 cm³/mol. The second kappa shape index (κ2) is 8.52. The molecule has 0 bridgehead atoms. The van der Waals surface area contributed by atoms with Gasteiger partial charge in [0.1, 0.15) is 5.82 Å². The maximum absolute atomic E-state index is 5.45. The van der Waals surface area contributed by atoms with E-state index in [1.807, 2.05) is 24.4 Å². The topological polar surface area (TPSA) is 58.3 Å². The summed E-state index contributed by atoms with van der Waals surface area (Å²) >= 11 is 0. The van der Waals surface area contributed by atoms with Gasteiger partial charge in [-0.1, -0.05) is 35.5 Å². The smallest absolute Gasteiger partial charge is 0.259 e. The molecule has 28 heavy (non-hydrogen) atoms. The van der Waals surface area contributed by atoms with Crippen LogP contribution < -0.4 is 4.90 Å². The molecule has 1 aliphatic heterocycles. The molecule has 4 rings (SSSR count). The van der Waals surface area contributed by atoms with Crippen LogP contribution in [0, 0.1) is 0 Å². The van der Waals surface area contributed by atoms with Gasteiger partial charge in [-0.25, -0.2) is 4.98 Å². The fourth-order valence-corrected chi connectivity index (χ4v) is 3.52. The van der Waals surface area contributed by atoms with E-state index in [1.165, 1.54) is 5.56 Å². The summed E-state index contributed by atoms with van der Waals surface area (Å²) in [5.74, 6) is 2.30. The standard InChI is InChI=1S/C22H27N5O/c1-17-16-27(14-13-26(17)2)21-12-11-19(15-23-21)22-24-20(25-28-22)10-6-9-18-7-4-3-5-8-18/h3-5,7-8,11-12,15,17H,6,9-10,13-14,16H2,1-2H3/t17-/m1/s1. The molecule has 0 N–H and O–H groups in total. The van der Waals surface area contributed by atoms with Crippen molar-refractivity contribution < 1.29 is 4.52 Å². The second-order valence-electron chi connectivity index (χ2n) is 7.54. The second-order valence-corrected chi connectivity index (χ2v) is 7.54. The minimum Gasteiger partial charge on any atom is -0.354 e. The van der Waals surface area contributed by atoms with Crippen LogP contribution in [-0.4, -0.2) is 52.7 Å². The van der Waals surface area contributed by atoms with E-state index in [9.17, 15) is 0 Å². The maximum Gasteiger partial charge on any atom is 0.259 e. The van der Waals surface area contributed by atoms with E-state index >= 15 is 0 Å². The highest BCUT2D eigenvalue weighted by Crippen LogP contribution is 2.21. The van der Waals surface area contributed by atoms with Crippen molar-refractivity contribution in [2.24, 2.45) is 0 Å². The molecular formula is C22H27N5O. The molecule has 0 unspecified atom stereocenters. The van der Waals surface area contributed by atoms with Gasteiger partial charge < -0.3 is 14.3 Å². The van der Waals surface area contributed by atoms with Crippen LogP contribution in [-0.2, 0) is 12.8 Å². The van der Waals surface area contributed by atoms with Crippen molar-refractivity contribution in [2.45, 2.75) is 32.2 Å². The summed E-state index contributed by atoms with van der Waals surface area (Å²) in [6.07, 6.45) is 4.66. The number of likely N-dealkylation sites (N-methyl/N-ethyl adjacent to an activating group) is 1. The Labute approximate surface area is 166 Å². The number of piperazine rings is 1. The van der Waals surface area contributed by atoms with Gasteiger partial charge in [-0.05, 0) is 44.5 Å². The van der Waals surface area contributed by atoms with Gasteiger partial charge in [0, 0.05) is 38.3 Å². The molecule has 0 amide bonds. The van der Waals surface area contributed by atoms with E-state index < -0.39 is 0 Å². The van der Waals surface area contributed by atoms with Crippen molar-refractivity contribution in [1.29, 1.82) is 0 Å². The van der Waals surface area contributed by atoms with Crippen LogP contribution in [0.2, 0.25) is 0 Å². The minimum atomic E-state index is 0.532. The molecule has 2 aromatic heterocycles. The molecule has 1 aromatic carbocycles. The molecule has 1 aliphatic rings.